The number of imide groups is 1. The Hall–Kier alpha value is -2.78. The molecule has 0 unspecified atom stereocenters. The van der Waals surface area contributed by atoms with Crippen molar-refractivity contribution in [1.29, 1.82) is 0 Å². The quantitative estimate of drug-likeness (QED) is 0.589. The van der Waals surface area contributed by atoms with Gasteiger partial charge in [0.1, 0.15) is 16.4 Å². The van der Waals surface area contributed by atoms with Gasteiger partial charge in [-0.15, -0.1) is 0 Å². The Morgan fingerprint density at radius 3 is 2.18 bits per heavy atom. The standard InChI is InChI=1S/C23H25ClN2O6S/c1-31-19-10-8-15(24)12-18(19)25-33(29,30)21-11-14(7-9-20(21)32-2)13-26-22(27)16-5-3-4-6-17(16)23(26)28/h7-12,16-17,25H,3-6,13H2,1-2H3/t16-,17-/m1/s1. The molecule has 4 rings (SSSR count). The number of likely N-dealkylation sites (tertiary alicyclic amines) is 1. The van der Waals surface area contributed by atoms with Crippen LogP contribution in [0.4, 0.5) is 5.69 Å². The Morgan fingerprint density at radius 2 is 1.58 bits per heavy atom. The molecule has 2 aliphatic rings. The summed E-state index contributed by atoms with van der Waals surface area (Å²) in [6.07, 6.45) is 3.33. The van der Waals surface area contributed by atoms with Crippen LogP contribution < -0.4 is 14.2 Å². The molecule has 1 aliphatic heterocycles. The fraction of sp³-hybridized carbons (Fsp3) is 0.391. The van der Waals surface area contributed by atoms with Crippen LogP contribution in [-0.4, -0.2) is 39.4 Å². The second kappa shape index (κ2) is 9.23. The van der Waals surface area contributed by atoms with Gasteiger partial charge in [-0.25, -0.2) is 8.42 Å². The third-order valence-electron chi connectivity index (χ3n) is 6.20. The van der Waals surface area contributed by atoms with Gasteiger partial charge in [0.15, 0.2) is 0 Å². The van der Waals surface area contributed by atoms with Crippen molar-refractivity contribution in [2.24, 2.45) is 11.8 Å². The molecule has 2 fully saturated rings. The van der Waals surface area contributed by atoms with Crippen LogP contribution in [0, 0.1) is 11.8 Å². The molecule has 2 amide bonds. The zero-order chi connectivity index (χ0) is 23.8. The lowest BCUT2D eigenvalue weighted by atomic mass is 9.81. The first kappa shape index (κ1) is 23.4. The van der Waals surface area contributed by atoms with Gasteiger partial charge in [-0.2, -0.15) is 0 Å². The Morgan fingerprint density at radius 1 is 0.970 bits per heavy atom. The fourth-order valence-corrected chi connectivity index (χ4v) is 6.01. The van der Waals surface area contributed by atoms with Crippen molar-refractivity contribution in [3.63, 3.8) is 0 Å². The van der Waals surface area contributed by atoms with Crippen molar-refractivity contribution in [2.45, 2.75) is 37.1 Å². The number of amides is 2. The maximum atomic E-state index is 13.2. The number of halogens is 1. The molecular formula is C23H25ClN2O6S. The summed E-state index contributed by atoms with van der Waals surface area (Å²) in [6.45, 7) is 0.0116. The zero-order valence-electron chi connectivity index (χ0n) is 18.3. The highest BCUT2D eigenvalue weighted by atomic mass is 35.5. The number of carbonyl (C=O) groups is 2. The number of methoxy groups -OCH3 is 2. The monoisotopic (exact) mass is 492 g/mol. The number of ether oxygens (including phenoxy) is 2. The van der Waals surface area contributed by atoms with E-state index in [9.17, 15) is 18.0 Å². The minimum absolute atomic E-state index is 0.0116. The van der Waals surface area contributed by atoms with Crippen LogP contribution in [0.25, 0.3) is 0 Å². The molecule has 8 nitrogen and oxygen atoms in total. The third-order valence-corrected chi connectivity index (χ3v) is 7.82. The second-order valence-electron chi connectivity index (χ2n) is 8.20. The number of rotatable bonds is 7. The van der Waals surface area contributed by atoms with Crippen LogP contribution in [0.2, 0.25) is 5.02 Å². The maximum Gasteiger partial charge on any atom is 0.265 e. The normalized spacial score (nSPS) is 20.5. The maximum absolute atomic E-state index is 13.2. The second-order valence-corrected chi connectivity index (χ2v) is 10.3. The van der Waals surface area contributed by atoms with Gasteiger partial charge in [-0.05, 0) is 48.7 Å². The molecule has 2 aromatic rings. The van der Waals surface area contributed by atoms with E-state index in [1.165, 1.54) is 37.3 Å². The molecule has 0 bridgehead atoms. The topological polar surface area (TPSA) is 102 Å². The first-order valence-electron chi connectivity index (χ1n) is 10.6. The Balaban J connectivity index is 1.64. The summed E-state index contributed by atoms with van der Waals surface area (Å²) >= 11 is 6.02. The molecule has 0 radical (unpaired) electrons. The van der Waals surface area contributed by atoms with E-state index < -0.39 is 10.0 Å². The predicted octanol–water partition coefficient (Wildman–Crippen LogP) is 3.83. The SMILES string of the molecule is COc1ccc(Cl)cc1NS(=O)(=O)c1cc(CN2C(=O)[C@@H]3CCCC[C@H]3C2=O)ccc1OC. The number of benzene rings is 2. The molecule has 1 saturated carbocycles. The van der Waals surface area contributed by atoms with E-state index in [4.69, 9.17) is 21.1 Å². The molecule has 33 heavy (non-hydrogen) atoms. The largest absolute Gasteiger partial charge is 0.495 e. The number of hydrogen-bond donors (Lipinski definition) is 1. The molecule has 1 aliphatic carbocycles. The van der Waals surface area contributed by atoms with E-state index in [2.05, 4.69) is 4.72 Å². The highest BCUT2D eigenvalue weighted by Crippen LogP contribution is 2.39. The van der Waals surface area contributed by atoms with Crippen molar-refractivity contribution < 1.29 is 27.5 Å². The average molecular weight is 493 g/mol. The van der Waals surface area contributed by atoms with Crippen molar-refractivity contribution in [3.8, 4) is 11.5 Å². The Labute approximate surface area is 197 Å². The first-order valence-corrected chi connectivity index (χ1v) is 12.5. The lowest BCUT2D eigenvalue weighted by Gasteiger charge is -2.19. The van der Waals surface area contributed by atoms with Gasteiger partial charge in [0.2, 0.25) is 11.8 Å². The van der Waals surface area contributed by atoms with Gasteiger partial charge in [0, 0.05) is 5.02 Å². The molecular weight excluding hydrogens is 468 g/mol. The van der Waals surface area contributed by atoms with Gasteiger partial charge < -0.3 is 9.47 Å². The number of sulfonamides is 1. The smallest absolute Gasteiger partial charge is 0.265 e. The van der Waals surface area contributed by atoms with Crippen LogP contribution in [0.5, 0.6) is 11.5 Å². The van der Waals surface area contributed by atoms with Crippen molar-refractivity contribution in [2.75, 3.05) is 18.9 Å². The van der Waals surface area contributed by atoms with E-state index in [0.717, 1.165) is 25.7 Å². The molecule has 176 valence electrons. The number of hydrogen-bond acceptors (Lipinski definition) is 6. The van der Waals surface area contributed by atoms with E-state index in [1.54, 1.807) is 18.2 Å². The fourth-order valence-electron chi connectivity index (χ4n) is 4.56. The van der Waals surface area contributed by atoms with Gasteiger partial charge in [0.25, 0.3) is 10.0 Å². The zero-order valence-corrected chi connectivity index (χ0v) is 19.9. The van der Waals surface area contributed by atoms with Crippen LogP contribution in [0.15, 0.2) is 41.3 Å². The van der Waals surface area contributed by atoms with Gasteiger partial charge in [-0.3, -0.25) is 19.2 Å². The van der Waals surface area contributed by atoms with E-state index in [1.807, 2.05) is 0 Å². The van der Waals surface area contributed by atoms with E-state index in [-0.39, 0.29) is 46.5 Å². The van der Waals surface area contributed by atoms with Crippen LogP contribution in [0.1, 0.15) is 31.2 Å². The molecule has 10 heteroatoms. The van der Waals surface area contributed by atoms with Crippen LogP contribution in [0.3, 0.4) is 0 Å². The average Bonchev–Trinajstić information content (AvgIpc) is 3.04. The lowest BCUT2D eigenvalue weighted by Crippen LogP contribution is -2.30. The Bertz CT molecular complexity index is 1180. The third kappa shape index (κ3) is 4.52. The van der Waals surface area contributed by atoms with Gasteiger partial charge in [-0.1, -0.05) is 30.5 Å². The van der Waals surface area contributed by atoms with Crippen LogP contribution in [-0.2, 0) is 26.2 Å². The molecule has 1 saturated heterocycles. The van der Waals surface area contributed by atoms with Gasteiger partial charge in [0.05, 0.1) is 38.3 Å². The summed E-state index contributed by atoms with van der Waals surface area (Å²) in [4.78, 5) is 26.8. The first-order chi connectivity index (χ1) is 15.7. The summed E-state index contributed by atoms with van der Waals surface area (Å²) in [7, 11) is -1.32. The van der Waals surface area contributed by atoms with E-state index >= 15 is 0 Å². The number of nitrogens with one attached hydrogen (secondary N) is 1. The molecule has 2 atom stereocenters. The summed E-state index contributed by atoms with van der Waals surface area (Å²) < 4.78 is 39.5. The van der Waals surface area contributed by atoms with E-state index in [0.29, 0.717) is 16.3 Å². The van der Waals surface area contributed by atoms with Crippen LogP contribution >= 0.6 is 11.6 Å². The van der Waals surface area contributed by atoms with Gasteiger partial charge >= 0.3 is 0 Å². The van der Waals surface area contributed by atoms with Crippen molar-refractivity contribution in [3.05, 3.63) is 47.0 Å². The molecule has 2 aromatic carbocycles. The molecule has 1 heterocycles. The number of anilines is 1. The highest BCUT2D eigenvalue weighted by molar-refractivity contribution is 7.92. The Kier molecular flexibility index (Phi) is 6.54. The number of carbonyl (C=O) groups excluding carboxylic acids is 2. The molecule has 0 aromatic heterocycles. The summed E-state index contributed by atoms with van der Waals surface area (Å²) in [6, 6.07) is 9.16. The lowest BCUT2D eigenvalue weighted by molar-refractivity contribution is -0.140. The summed E-state index contributed by atoms with van der Waals surface area (Å²) in [5.41, 5.74) is 0.681. The minimum atomic E-state index is -4.11. The number of fused-ring (bicyclic) bond motifs is 1. The minimum Gasteiger partial charge on any atom is -0.495 e. The van der Waals surface area contributed by atoms with Crippen molar-refractivity contribution in [1.82, 2.24) is 4.90 Å². The summed E-state index contributed by atoms with van der Waals surface area (Å²) in [5, 5.41) is 0.335. The highest BCUT2D eigenvalue weighted by Gasteiger charge is 2.47. The molecule has 1 N–H and O–H groups in total. The predicted molar refractivity (Wildman–Crippen MR) is 123 cm³/mol. The molecule has 0 spiro atoms. The number of nitrogens with zero attached hydrogens (tertiary/aromatic N) is 1. The summed E-state index contributed by atoms with van der Waals surface area (Å²) in [5.74, 6) is -0.443. The van der Waals surface area contributed by atoms with Crippen molar-refractivity contribution >= 4 is 39.1 Å².